The van der Waals surface area contributed by atoms with Crippen molar-refractivity contribution in [1.82, 2.24) is 9.62 Å². The molecule has 0 bridgehead atoms. The molecule has 0 unspecified atom stereocenters. The lowest BCUT2D eigenvalue weighted by Crippen LogP contribution is -2.30. The van der Waals surface area contributed by atoms with E-state index in [0.29, 0.717) is 18.1 Å². The number of nitrogens with one attached hydrogen (secondary N) is 1. The minimum absolute atomic E-state index is 0.0135. The van der Waals surface area contributed by atoms with E-state index in [4.69, 9.17) is 4.42 Å². The highest BCUT2D eigenvalue weighted by Crippen LogP contribution is 2.23. The van der Waals surface area contributed by atoms with Crippen LogP contribution in [0.25, 0.3) is 6.08 Å². The molecule has 3 aromatic rings. The average Bonchev–Trinajstić information content (AvgIpc) is 3.28. The fourth-order valence-electron chi connectivity index (χ4n) is 3.29. The first-order valence-corrected chi connectivity index (χ1v) is 12.7. The Morgan fingerprint density at radius 1 is 1.06 bits per heavy atom. The maximum Gasteiger partial charge on any atom is 0.262 e. The summed E-state index contributed by atoms with van der Waals surface area (Å²) in [5.41, 5.74) is 1.72. The van der Waals surface area contributed by atoms with Crippen LogP contribution in [0.5, 0.6) is 0 Å². The van der Waals surface area contributed by atoms with Crippen LogP contribution < -0.4 is 5.32 Å². The number of hydrogen-bond donors (Lipinski definition) is 1. The van der Waals surface area contributed by atoms with Crippen LogP contribution in [0.1, 0.15) is 36.5 Å². The van der Waals surface area contributed by atoms with Gasteiger partial charge in [-0.15, -0.1) is 0 Å². The Labute approximate surface area is 206 Å². The number of carbonyl (C=O) groups is 1. The zero-order chi connectivity index (χ0) is 25.4. The van der Waals surface area contributed by atoms with Gasteiger partial charge < -0.3 is 9.73 Å². The van der Waals surface area contributed by atoms with Gasteiger partial charge in [0.1, 0.15) is 23.2 Å². The third-order valence-electron chi connectivity index (χ3n) is 5.20. The lowest BCUT2D eigenvalue weighted by molar-refractivity contribution is -0.117. The second-order valence-corrected chi connectivity index (χ2v) is 10.6. The molecule has 0 aliphatic carbocycles. The van der Waals surface area contributed by atoms with Crippen LogP contribution in [-0.2, 0) is 27.9 Å². The quantitative estimate of drug-likeness (QED) is 0.328. The summed E-state index contributed by atoms with van der Waals surface area (Å²) in [6.45, 7) is 6.41. The van der Waals surface area contributed by atoms with Crippen molar-refractivity contribution in [1.29, 1.82) is 5.26 Å². The SMILES string of the molecule is Cc1ccc(S(=O)(=O)N(Cc2ccccc2)Cc2ccc(/C=C(/C#N)C(=O)NCC(C)C)o2)cc1. The fraction of sp³-hybridized carbons (Fsp3) is 0.259. The first kappa shape index (κ1) is 25.9. The average molecular weight is 492 g/mol. The van der Waals surface area contributed by atoms with Crippen LogP contribution in [0.15, 0.2) is 81.6 Å². The number of benzene rings is 2. The van der Waals surface area contributed by atoms with E-state index in [9.17, 15) is 18.5 Å². The molecule has 0 saturated carbocycles. The third-order valence-corrected chi connectivity index (χ3v) is 7.00. The molecule has 0 spiro atoms. The van der Waals surface area contributed by atoms with Gasteiger partial charge in [0.15, 0.2) is 0 Å². The molecule has 1 amide bonds. The van der Waals surface area contributed by atoms with E-state index in [-0.39, 0.29) is 29.5 Å². The third kappa shape index (κ3) is 7.15. The number of rotatable bonds is 10. The highest BCUT2D eigenvalue weighted by molar-refractivity contribution is 7.89. The molecule has 0 fully saturated rings. The van der Waals surface area contributed by atoms with Crippen molar-refractivity contribution < 1.29 is 17.6 Å². The maximum atomic E-state index is 13.5. The fourth-order valence-corrected chi connectivity index (χ4v) is 4.68. The summed E-state index contributed by atoms with van der Waals surface area (Å²) >= 11 is 0. The van der Waals surface area contributed by atoms with E-state index in [1.54, 1.807) is 36.4 Å². The summed E-state index contributed by atoms with van der Waals surface area (Å²) in [5.74, 6) is 0.457. The van der Waals surface area contributed by atoms with Gasteiger partial charge in [0.05, 0.1) is 11.4 Å². The van der Waals surface area contributed by atoms with Gasteiger partial charge in [-0.2, -0.15) is 9.57 Å². The second-order valence-electron chi connectivity index (χ2n) is 8.65. The number of nitrogens with zero attached hydrogens (tertiary/aromatic N) is 2. The summed E-state index contributed by atoms with van der Waals surface area (Å²) < 4.78 is 34.1. The van der Waals surface area contributed by atoms with Crippen molar-refractivity contribution in [3.05, 3.63) is 95.0 Å². The highest BCUT2D eigenvalue weighted by atomic mass is 32.2. The van der Waals surface area contributed by atoms with Gasteiger partial charge in [-0.05, 0) is 42.7 Å². The van der Waals surface area contributed by atoms with E-state index in [1.807, 2.05) is 57.2 Å². The van der Waals surface area contributed by atoms with E-state index in [0.717, 1.165) is 11.1 Å². The number of furan rings is 1. The Hall–Kier alpha value is -3.67. The van der Waals surface area contributed by atoms with Crippen LogP contribution in [0, 0.1) is 24.2 Å². The summed E-state index contributed by atoms with van der Waals surface area (Å²) in [4.78, 5) is 12.4. The minimum atomic E-state index is -3.82. The van der Waals surface area contributed by atoms with Crippen LogP contribution in [-0.4, -0.2) is 25.2 Å². The molecule has 3 rings (SSSR count). The van der Waals surface area contributed by atoms with Crippen molar-refractivity contribution >= 4 is 22.0 Å². The molecule has 1 N–H and O–H groups in total. The van der Waals surface area contributed by atoms with Crippen molar-refractivity contribution in [3.8, 4) is 6.07 Å². The Morgan fingerprint density at radius 3 is 2.37 bits per heavy atom. The molecule has 182 valence electrons. The molecule has 0 saturated heterocycles. The van der Waals surface area contributed by atoms with E-state index >= 15 is 0 Å². The van der Waals surface area contributed by atoms with E-state index in [2.05, 4.69) is 5.32 Å². The van der Waals surface area contributed by atoms with Crippen molar-refractivity contribution in [2.45, 2.75) is 38.8 Å². The topological polar surface area (TPSA) is 103 Å². The number of hydrogen-bond acceptors (Lipinski definition) is 5. The maximum absolute atomic E-state index is 13.5. The lowest BCUT2D eigenvalue weighted by Gasteiger charge is -2.21. The Morgan fingerprint density at radius 2 is 1.74 bits per heavy atom. The van der Waals surface area contributed by atoms with Gasteiger partial charge >= 0.3 is 0 Å². The highest BCUT2D eigenvalue weighted by Gasteiger charge is 2.26. The van der Waals surface area contributed by atoms with Crippen LogP contribution >= 0.6 is 0 Å². The van der Waals surface area contributed by atoms with Crippen LogP contribution in [0.4, 0.5) is 0 Å². The molecule has 0 atom stereocenters. The van der Waals surface area contributed by atoms with Gasteiger partial charge in [-0.3, -0.25) is 4.79 Å². The molecule has 1 aromatic heterocycles. The number of amides is 1. The van der Waals surface area contributed by atoms with Crippen molar-refractivity contribution in [2.75, 3.05) is 6.54 Å². The molecule has 35 heavy (non-hydrogen) atoms. The first-order valence-electron chi connectivity index (χ1n) is 11.3. The first-order chi connectivity index (χ1) is 16.7. The number of aryl methyl sites for hydroxylation is 1. The van der Waals surface area contributed by atoms with Gasteiger partial charge in [-0.1, -0.05) is 61.9 Å². The summed E-state index contributed by atoms with van der Waals surface area (Å²) in [5, 5.41) is 12.1. The standard InChI is InChI=1S/C27H29N3O4S/c1-20(2)17-29-27(31)23(16-28)15-24-11-12-25(34-24)19-30(18-22-7-5-4-6-8-22)35(32,33)26-13-9-21(3)10-14-26/h4-15,20H,17-19H2,1-3H3,(H,29,31)/b23-15-. The van der Waals surface area contributed by atoms with E-state index in [1.165, 1.54) is 10.4 Å². The molecule has 7 nitrogen and oxygen atoms in total. The molecular formula is C27H29N3O4S. The van der Waals surface area contributed by atoms with Crippen LogP contribution in [0.3, 0.4) is 0 Å². The molecule has 0 aliphatic heterocycles. The molecular weight excluding hydrogens is 462 g/mol. The summed E-state index contributed by atoms with van der Waals surface area (Å²) in [6, 6.07) is 21.2. The van der Waals surface area contributed by atoms with Crippen LogP contribution in [0.2, 0.25) is 0 Å². The second kappa shape index (κ2) is 11.6. The zero-order valence-electron chi connectivity index (χ0n) is 20.1. The van der Waals surface area contributed by atoms with Gasteiger partial charge in [0, 0.05) is 19.2 Å². The predicted octanol–water partition coefficient (Wildman–Crippen LogP) is 4.66. The Bertz CT molecular complexity index is 1320. The van der Waals surface area contributed by atoms with Gasteiger partial charge in [-0.25, -0.2) is 8.42 Å². The molecule has 0 radical (unpaired) electrons. The smallest absolute Gasteiger partial charge is 0.262 e. The molecule has 8 heteroatoms. The predicted molar refractivity (Wildman–Crippen MR) is 134 cm³/mol. The normalized spacial score (nSPS) is 12.1. The largest absolute Gasteiger partial charge is 0.460 e. The lowest BCUT2D eigenvalue weighted by atomic mass is 10.2. The summed E-state index contributed by atoms with van der Waals surface area (Å²) in [6.07, 6.45) is 1.36. The number of nitriles is 1. The molecule has 1 heterocycles. The Kier molecular flexibility index (Phi) is 8.63. The number of sulfonamides is 1. The zero-order valence-corrected chi connectivity index (χ0v) is 20.9. The van der Waals surface area contributed by atoms with E-state index < -0.39 is 15.9 Å². The minimum Gasteiger partial charge on any atom is -0.460 e. The number of carbonyl (C=O) groups excluding carboxylic acids is 1. The molecule has 2 aromatic carbocycles. The van der Waals surface area contributed by atoms with Crippen molar-refractivity contribution in [2.24, 2.45) is 5.92 Å². The van der Waals surface area contributed by atoms with Crippen molar-refractivity contribution in [3.63, 3.8) is 0 Å². The Balaban J connectivity index is 1.86. The van der Waals surface area contributed by atoms with Gasteiger partial charge in [0.2, 0.25) is 10.0 Å². The molecule has 0 aliphatic rings. The summed E-state index contributed by atoms with van der Waals surface area (Å²) in [7, 11) is -3.82. The monoisotopic (exact) mass is 491 g/mol. The van der Waals surface area contributed by atoms with Gasteiger partial charge in [0.25, 0.3) is 5.91 Å².